The molecule has 1 aliphatic carbocycles. The third kappa shape index (κ3) is 5.24. The molecule has 2 nitrogen and oxygen atoms in total. The van der Waals surface area contributed by atoms with E-state index in [-0.39, 0.29) is 0 Å². The van der Waals surface area contributed by atoms with Crippen LogP contribution in [-0.4, -0.2) is 11.2 Å². The monoisotopic (exact) mass is 396 g/mol. The molecule has 0 spiro atoms. The Morgan fingerprint density at radius 2 is 1.60 bits per heavy atom. The van der Waals surface area contributed by atoms with Crippen molar-refractivity contribution in [1.29, 1.82) is 5.41 Å². The van der Waals surface area contributed by atoms with Crippen LogP contribution in [-0.2, 0) is 19.3 Å². The van der Waals surface area contributed by atoms with Crippen LogP contribution in [0.3, 0.4) is 0 Å². The standard InChI is InChI=1S/C28H32N2/c29-21-23-9-6-8-22(15-16-23)20-26-13-7-19-30-28(26)18-17-25-12-4-5-14-27(25)24-10-2-1-3-11-24/h1-5,7,10-14,19,21-23,29H,6,8-9,15-18,20H2. The van der Waals surface area contributed by atoms with Crippen molar-refractivity contribution in [1.82, 2.24) is 4.98 Å². The Hall–Kier alpha value is -2.74. The summed E-state index contributed by atoms with van der Waals surface area (Å²) in [6, 6.07) is 23.8. The summed E-state index contributed by atoms with van der Waals surface area (Å²) in [6.07, 6.45) is 12.9. The molecule has 1 heterocycles. The molecule has 1 N–H and O–H groups in total. The van der Waals surface area contributed by atoms with E-state index in [0.29, 0.717) is 5.92 Å². The smallest absolute Gasteiger partial charge is 0.0438 e. The second-order valence-electron chi connectivity index (χ2n) is 8.64. The molecule has 3 aromatic rings. The number of hydrogen-bond donors (Lipinski definition) is 1. The summed E-state index contributed by atoms with van der Waals surface area (Å²) in [5.74, 6) is 1.23. The second-order valence-corrected chi connectivity index (χ2v) is 8.64. The van der Waals surface area contributed by atoms with E-state index in [0.717, 1.165) is 25.2 Å². The molecule has 1 saturated carbocycles. The maximum absolute atomic E-state index is 7.60. The SMILES string of the molecule is N=CC1CCCC(Cc2cccnc2CCc2ccccc2-c2ccccc2)CC1. The molecule has 0 bridgehead atoms. The fourth-order valence-electron chi connectivity index (χ4n) is 4.86. The lowest BCUT2D eigenvalue weighted by Crippen LogP contribution is -2.08. The van der Waals surface area contributed by atoms with Gasteiger partial charge in [-0.25, -0.2) is 0 Å². The Kier molecular flexibility index (Phi) is 7.07. The zero-order chi connectivity index (χ0) is 20.6. The molecule has 154 valence electrons. The molecule has 1 aliphatic rings. The molecule has 0 amide bonds. The van der Waals surface area contributed by atoms with Crippen LogP contribution in [0.2, 0.25) is 0 Å². The first-order valence-corrected chi connectivity index (χ1v) is 11.4. The first-order valence-electron chi connectivity index (χ1n) is 11.4. The van der Waals surface area contributed by atoms with Crippen LogP contribution in [0.25, 0.3) is 11.1 Å². The minimum Gasteiger partial charge on any atom is -0.313 e. The van der Waals surface area contributed by atoms with E-state index in [1.165, 1.54) is 60.1 Å². The lowest BCUT2D eigenvalue weighted by atomic mass is 9.90. The van der Waals surface area contributed by atoms with Gasteiger partial charge in [0.05, 0.1) is 0 Å². The molecule has 2 heteroatoms. The zero-order valence-electron chi connectivity index (χ0n) is 17.8. The van der Waals surface area contributed by atoms with Gasteiger partial charge in [-0.3, -0.25) is 4.98 Å². The highest BCUT2D eigenvalue weighted by molar-refractivity contribution is 5.67. The molecule has 2 aromatic carbocycles. The normalized spacial score (nSPS) is 19.2. The molecule has 1 fully saturated rings. The number of hydrogen-bond acceptors (Lipinski definition) is 2. The average molecular weight is 397 g/mol. The van der Waals surface area contributed by atoms with Crippen LogP contribution >= 0.6 is 0 Å². The van der Waals surface area contributed by atoms with Crippen LogP contribution in [0.4, 0.5) is 0 Å². The van der Waals surface area contributed by atoms with Crippen molar-refractivity contribution in [3.63, 3.8) is 0 Å². The average Bonchev–Trinajstić information content (AvgIpc) is 3.04. The molecule has 0 saturated heterocycles. The highest BCUT2D eigenvalue weighted by Crippen LogP contribution is 2.30. The highest BCUT2D eigenvalue weighted by Gasteiger charge is 2.19. The molecule has 0 radical (unpaired) electrons. The number of rotatable bonds is 7. The van der Waals surface area contributed by atoms with E-state index < -0.39 is 0 Å². The van der Waals surface area contributed by atoms with E-state index >= 15 is 0 Å². The lowest BCUT2D eigenvalue weighted by Gasteiger charge is -2.17. The van der Waals surface area contributed by atoms with Gasteiger partial charge in [-0.2, -0.15) is 0 Å². The quantitative estimate of drug-likeness (QED) is 0.341. The second kappa shape index (κ2) is 10.3. The largest absolute Gasteiger partial charge is 0.313 e. The number of nitrogens with one attached hydrogen (secondary N) is 1. The minimum atomic E-state index is 0.498. The number of pyridine rings is 1. The lowest BCUT2D eigenvalue weighted by molar-refractivity contribution is 0.452. The summed E-state index contributed by atoms with van der Waals surface area (Å²) in [5.41, 5.74) is 6.69. The Morgan fingerprint density at radius 3 is 2.47 bits per heavy atom. The predicted octanol–water partition coefficient (Wildman–Crippen LogP) is 6.92. The van der Waals surface area contributed by atoms with Crippen molar-refractivity contribution in [3.05, 3.63) is 89.7 Å². The van der Waals surface area contributed by atoms with Gasteiger partial charge < -0.3 is 5.41 Å². The summed E-state index contributed by atoms with van der Waals surface area (Å²) in [6.45, 7) is 0. The van der Waals surface area contributed by atoms with Crippen LogP contribution in [0.5, 0.6) is 0 Å². The number of aromatic nitrogens is 1. The van der Waals surface area contributed by atoms with Gasteiger partial charge in [0.1, 0.15) is 0 Å². The highest BCUT2D eigenvalue weighted by atomic mass is 14.7. The first kappa shape index (κ1) is 20.5. The van der Waals surface area contributed by atoms with Gasteiger partial charge in [0.15, 0.2) is 0 Å². The van der Waals surface area contributed by atoms with Crippen molar-refractivity contribution < 1.29 is 0 Å². The summed E-state index contributed by atoms with van der Waals surface area (Å²) in [5, 5.41) is 7.60. The Morgan fingerprint density at radius 1 is 0.800 bits per heavy atom. The van der Waals surface area contributed by atoms with Gasteiger partial charge >= 0.3 is 0 Å². The molecule has 4 rings (SSSR count). The van der Waals surface area contributed by atoms with E-state index in [9.17, 15) is 0 Å². The van der Waals surface area contributed by atoms with E-state index in [1.54, 1.807) is 6.21 Å². The van der Waals surface area contributed by atoms with E-state index in [1.807, 2.05) is 6.20 Å². The summed E-state index contributed by atoms with van der Waals surface area (Å²) in [4.78, 5) is 4.78. The molecule has 1 aromatic heterocycles. The van der Waals surface area contributed by atoms with Crippen LogP contribution in [0.15, 0.2) is 72.9 Å². The van der Waals surface area contributed by atoms with Crippen molar-refractivity contribution >= 4 is 6.21 Å². The van der Waals surface area contributed by atoms with Crippen LogP contribution in [0, 0.1) is 17.2 Å². The van der Waals surface area contributed by atoms with Gasteiger partial charge in [0.25, 0.3) is 0 Å². The molecule has 2 unspecified atom stereocenters. The van der Waals surface area contributed by atoms with Gasteiger partial charge in [-0.15, -0.1) is 0 Å². The minimum absolute atomic E-state index is 0.498. The Balaban J connectivity index is 1.46. The summed E-state index contributed by atoms with van der Waals surface area (Å²) < 4.78 is 0. The van der Waals surface area contributed by atoms with Crippen molar-refractivity contribution in [2.24, 2.45) is 11.8 Å². The van der Waals surface area contributed by atoms with Gasteiger partial charge in [-0.05, 0) is 84.9 Å². The van der Waals surface area contributed by atoms with Gasteiger partial charge in [0.2, 0.25) is 0 Å². The molecular formula is C28H32N2. The fraction of sp³-hybridized carbons (Fsp3) is 0.357. The third-order valence-electron chi connectivity index (χ3n) is 6.60. The number of nitrogens with zero attached hydrogens (tertiary/aromatic N) is 1. The molecular weight excluding hydrogens is 364 g/mol. The number of benzene rings is 2. The van der Waals surface area contributed by atoms with Gasteiger partial charge in [-0.1, -0.05) is 73.5 Å². The van der Waals surface area contributed by atoms with Crippen LogP contribution < -0.4 is 0 Å². The Bertz CT molecular complexity index is 948. The maximum Gasteiger partial charge on any atom is 0.0438 e. The van der Waals surface area contributed by atoms with Crippen molar-refractivity contribution in [2.45, 2.75) is 51.4 Å². The van der Waals surface area contributed by atoms with Crippen LogP contribution in [0.1, 0.15) is 48.9 Å². The van der Waals surface area contributed by atoms with E-state index in [2.05, 4.69) is 66.7 Å². The predicted molar refractivity (Wildman–Crippen MR) is 126 cm³/mol. The Labute approximate surface area is 180 Å². The van der Waals surface area contributed by atoms with E-state index in [4.69, 9.17) is 10.4 Å². The topological polar surface area (TPSA) is 36.7 Å². The van der Waals surface area contributed by atoms with Crippen molar-refractivity contribution in [3.8, 4) is 11.1 Å². The first-order chi connectivity index (χ1) is 14.8. The summed E-state index contributed by atoms with van der Waals surface area (Å²) >= 11 is 0. The summed E-state index contributed by atoms with van der Waals surface area (Å²) in [7, 11) is 0. The zero-order valence-corrected chi connectivity index (χ0v) is 17.8. The third-order valence-corrected chi connectivity index (χ3v) is 6.60. The number of aryl methyl sites for hydroxylation is 2. The fourth-order valence-corrected chi connectivity index (χ4v) is 4.86. The molecule has 0 aliphatic heterocycles. The van der Waals surface area contributed by atoms with Crippen molar-refractivity contribution in [2.75, 3.05) is 0 Å². The maximum atomic E-state index is 7.60. The molecule has 30 heavy (non-hydrogen) atoms. The molecule has 2 atom stereocenters. The van der Waals surface area contributed by atoms with Gasteiger partial charge in [0, 0.05) is 11.9 Å².